The van der Waals surface area contributed by atoms with Crippen LogP contribution in [-0.4, -0.2) is 13.2 Å². The summed E-state index contributed by atoms with van der Waals surface area (Å²) >= 11 is 0. The van der Waals surface area contributed by atoms with Gasteiger partial charge >= 0.3 is 0 Å². The topological polar surface area (TPSA) is 21.3 Å². The highest BCUT2D eigenvalue weighted by Gasteiger charge is 2.11. The predicted octanol–water partition coefficient (Wildman–Crippen LogP) is 3.54. The van der Waals surface area contributed by atoms with Crippen LogP contribution in [0.2, 0.25) is 0 Å². The van der Waals surface area contributed by atoms with Crippen molar-refractivity contribution in [2.24, 2.45) is 0 Å². The highest BCUT2D eigenvalue weighted by atomic mass is 35.5. The molecule has 2 nitrogen and oxygen atoms in total. The average molecular weight is 256 g/mol. The lowest BCUT2D eigenvalue weighted by Gasteiger charge is -2.22. The molecule has 1 aromatic carbocycles. The van der Waals surface area contributed by atoms with E-state index < -0.39 is 0 Å². The minimum Gasteiger partial charge on any atom is -0.497 e. The van der Waals surface area contributed by atoms with Crippen LogP contribution < -0.4 is 10.1 Å². The van der Waals surface area contributed by atoms with Gasteiger partial charge in [-0.2, -0.15) is 0 Å². The predicted molar refractivity (Wildman–Crippen MR) is 74.0 cm³/mol. The number of benzene rings is 1. The largest absolute Gasteiger partial charge is 0.497 e. The van der Waals surface area contributed by atoms with Crippen molar-refractivity contribution < 1.29 is 4.74 Å². The van der Waals surface area contributed by atoms with Gasteiger partial charge in [0.2, 0.25) is 0 Å². The van der Waals surface area contributed by atoms with Crippen LogP contribution in [0.4, 0.5) is 0 Å². The van der Waals surface area contributed by atoms with E-state index >= 15 is 0 Å². The summed E-state index contributed by atoms with van der Waals surface area (Å²) in [6.07, 6.45) is 6.88. The minimum absolute atomic E-state index is 0. The molecule has 0 bridgehead atoms. The van der Waals surface area contributed by atoms with Gasteiger partial charge in [-0.15, -0.1) is 12.4 Å². The second kappa shape index (κ2) is 7.57. The molecule has 1 aliphatic carbocycles. The smallest absolute Gasteiger partial charge is 0.118 e. The Balaban J connectivity index is 0.00000144. The van der Waals surface area contributed by atoms with Crippen LogP contribution >= 0.6 is 12.4 Å². The van der Waals surface area contributed by atoms with Crippen molar-refractivity contribution >= 4 is 12.4 Å². The lowest BCUT2D eigenvalue weighted by molar-refractivity contribution is 0.372. The van der Waals surface area contributed by atoms with E-state index in [1.807, 2.05) is 12.1 Å². The third-order valence-corrected chi connectivity index (χ3v) is 3.36. The van der Waals surface area contributed by atoms with Gasteiger partial charge in [-0.3, -0.25) is 0 Å². The fourth-order valence-electron chi connectivity index (χ4n) is 2.31. The zero-order chi connectivity index (χ0) is 11.2. The summed E-state index contributed by atoms with van der Waals surface area (Å²) in [7, 11) is 1.70. The Morgan fingerprint density at radius 1 is 1.12 bits per heavy atom. The molecule has 1 saturated carbocycles. The maximum absolute atomic E-state index is 5.14. The number of ether oxygens (including phenoxy) is 1. The molecule has 0 amide bonds. The third kappa shape index (κ3) is 4.57. The summed E-state index contributed by atoms with van der Waals surface area (Å²) in [5, 5.41) is 3.63. The van der Waals surface area contributed by atoms with Crippen molar-refractivity contribution in [1.82, 2.24) is 5.32 Å². The molecule has 0 aliphatic heterocycles. The molecule has 1 N–H and O–H groups in total. The molecule has 0 aromatic heterocycles. The average Bonchev–Trinajstić information content (AvgIpc) is 2.38. The van der Waals surface area contributed by atoms with E-state index in [9.17, 15) is 0 Å². The summed E-state index contributed by atoms with van der Waals surface area (Å²) in [6.45, 7) is 0.981. The Hall–Kier alpha value is -0.730. The van der Waals surface area contributed by atoms with E-state index in [4.69, 9.17) is 4.74 Å². The van der Waals surface area contributed by atoms with Crippen molar-refractivity contribution in [3.8, 4) is 5.75 Å². The Morgan fingerprint density at radius 3 is 2.35 bits per heavy atom. The molecule has 0 saturated heterocycles. The van der Waals surface area contributed by atoms with Gasteiger partial charge in [-0.1, -0.05) is 31.4 Å². The highest BCUT2D eigenvalue weighted by molar-refractivity contribution is 5.85. The van der Waals surface area contributed by atoms with Gasteiger partial charge in [0.05, 0.1) is 7.11 Å². The molecule has 0 atom stereocenters. The molecule has 0 radical (unpaired) electrons. The Morgan fingerprint density at radius 2 is 1.76 bits per heavy atom. The van der Waals surface area contributed by atoms with Crippen molar-refractivity contribution in [3.63, 3.8) is 0 Å². The molecule has 1 aliphatic rings. The van der Waals surface area contributed by atoms with Crippen LogP contribution in [0, 0.1) is 0 Å². The van der Waals surface area contributed by atoms with Crippen molar-refractivity contribution in [2.75, 3.05) is 7.11 Å². The van der Waals surface area contributed by atoms with Crippen LogP contribution in [0.15, 0.2) is 24.3 Å². The first kappa shape index (κ1) is 14.3. The van der Waals surface area contributed by atoms with Crippen molar-refractivity contribution in [2.45, 2.75) is 44.7 Å². The summed E-state index contributed by atoms with van der Waals surface area (Å²) in [5.74, 6) is 0.932. The van der Waals surface area contributed by atoms with E-state index in [1.54, 1.807) is 7.11 Å². The first-order valence-electron chi connectivity index (χ1n) is 6.25. The Kier molecular flexibility index (Phi) is 6.38. The zero-order valence-electron chi connectivity index (χ0n) is 10.4. The summed E-state index contributed by atoms with van der Waals surface area (Å²) < 4.78 is 5.14. The van der Waals surface area contributed by atoms with E-state index in [1.165, 1.54) is 37.7 Å². The summed E-state index contributed by atoms with van der Waals surface area (Å²) in [5.41, 5.74) is 1.34. The molecule has 3 heteroatoms. The molecule has 96 valence electrons. The number of methoxy groups -OCH3 is 1. The monoisotopic (exact) mass is 255 g/mol. The molecule has 1 fully saturated rings. The lowest BCUT2D eigenvalue weighted by Crippen LogP contribution is -2.30. The van der Waals surface area contributed by atoms with Crippen molar-refractivity contribution in [3.05, 3.63) is 29.8 Å². The molecule has 17 heavy (non-hydrogen) atoms. The van der Waals surface area contributed by atoms with Gasteiger partial charge < -0.3 is 10.1 Å². The highest BCUT2D eigenvalue weighted by Crippen LogP contribution is 2.18. The maximum atomic E-state index is 5.14. The normalized spacial score (nSPS) is 16.3. The molecule has 0 spiro atoms. The fourth-order valence-corrected chi connectivity index (χ4v) is 2.31. The van der Waals surface area contributed by atoms with Crippen LogP contribution in [0.3, 0.4) is 0 Å². The zero-order valence-corrected chi connectivity index (χ0v) is 11.3. The molecular weight excluding hydrogens is 234 g/mol. The number of hydrogen-bond acceptors (Lipinski definition) is 2. The van der Waals surface area contributed by atoms with Crippen LogP contribution in [0.25, 0.3) is 0 Å². The minimum atomic E-state index is 0. The fraction of sp³-hybridized carbons (Fsp3) is 0.571. The number of hydrogen-bond donors (Lipinski definition) is 1. The number of rotatable bonds is 4. The Labute approximate surface area is 110 Å². The van der Waals surface area contributed by atoms with Crippen molar-refractivity contribution in [1.29, 1.82) is 0 Å². The number of halogens is 1. The first-order chi connectivity index (χ1) is 7.88. The van der Waals surface area contributed by atoms with Gasteiger partial charge in [0.25, 0.3) is 0 Å². The van der Waals surface area contributed by atoms with Crippen LogP contribution in [0.1, 0.15) is 37.7 Å². The van der Waals surface area contributed by atoms with Gasteiger partial charge in [-0.05, 0) is 30.5 Å². The van der Waals surface area contributed by atoms with Gasteiger partial charge in [0, 0.05) is 12.6 Å². The van der Waals surface area contributed by atoms with Gasteiger partial charge in [0.1, 0.15) is 5.75 Å². The second-order valence-electron chi connectivity index (χ2n) is 4.56. The first-order valence-corrected chi connectivity index (χ1v) is 6.25. The van der Waals surface area contributed by atoms with E-state index in [0.717, 1.165) is 18.3 Å². The quantitative estimate of drug-likeness (QED) is 0.889. The molecule has 0 heterocycles. The second-order valence-corrected chi connectivity index (χ2v) is 4.56. The van der Waals surface area contributed by atoms with Crippen LogP contribution in [-0.2, 0) is 6.54 Å². The number of nitrogens with one attached hydrogen (secondary N) is 1. The molecule has 0 unspecified atom stereocenters. The molecular formula is C14H22ClNO. The third-order valence-electron chi connectivity index (χ3n) is 3.36. The molecule has 1 aromatic rings. The van der Waals surface area contributed by atoms with E-state index in [2.05, 4.69) is 17.4 Å². The van der Waals surface area contributed by atoms with E-state index in [0.29, 0.717) is 0 Å². The lowest BCUT2D eigenvalue weighted by atomic mass is 9.95. The van der Waals surface area contributed by atoms with Gasteiger partial charge in [0.15, 0.2) is 0 Å². The Bertz CT molecular complexity index is 307. The molecule has 2 rings (SSSR count). The SMILES string of the molecule is COc1ccc(CNC2CCCCC2)cc1.Cl. The maximum Gasteiger partial charge on any atom is 0.118 e. The van der Waals surface area contributed by atoms with Gasteiger partial charge in [-0.25, -0.2) is 0 Å². The standard InChI is InChI=1S/C14H21NO.ClH/c1-16-14-9-7-12(8-10-14)11-15-13-5-3-2-4-6-13;/h7-10,13,15H,2-6,11H2,1H3;1H. The summed E-state index contributed by atoms with van der Waals surface area (Å²) in [6, 6.07) is 9.05. The van der Waals surface area contributed by atoms with E-state index in [-0.39, 0.29) is 12.4 Å². The van der Waals surface area contributed by atoms with Crippen LogP contribution in [0.5, 0.6) is 5.75 Å². The summed E-state index contributed by atoms with van der Waals surface area (Å²) in [4.78, 5) is 0.